The normalized spacial score (nSPS) is 10.8. The lowest BCUT2D eigenvalue weighted by Gasteiger charge is -2.04. The van der Waals surface area contributed by atoms with E-state index >= 15 is 0 Å². The minimum atomic E-state index is 0.535. The average Bonchev–Trinajstić information content (AvgIpc) is 3.11. The third kappa shape index (κ3) is 3.01. The quantitative estimate of drug-likeness (QED) is 0.555. The number of methoxy groups -OCH3 is 1. The van der Waals surface area contributed by atoms with Gasteiger partial charge in [0.2, 0.25) is 5.16 Å². The van der Waals surface area contributed by atoms with Gasteiger partial charge < -0.3 is 10.6 Å². The van der Waals surface area contributed by atoms with Gasteiger partial charge in [0, 0.05) is 22.8 Å². The summed E-state index contributed by atoms with van der Waals surface area (Å²) in [6, 6.07) is 7.44. The molecule has 114 valence electrons. The lowest BCUT2D eigenvalue weighted by atomic mass is 10.2. The molecule has 0 aliphatic heterocycles. The van der Waals surface area contributed by atoms with Crippen molar-refractivity contribution in [2.75, 3.05) is 13.0 Å². The third-order valence-electron chi connectivity index (χ3n) is 2.86. The van der Waals surface area contributed by atoms with E-state index in [9.17, 15) is 0 Å². The molecule has 3 aromatic rings. The Bertz CT molecular complexity index is 772. The van der Waals surface area contributed by atoms with E-state index in [4.69, 9.17) is 22.2 Å². The van der Waals surface area contributed by atoms with E-state index < -0.39 is 0 Å². The second kappa shape index (κ2) is 6.51. The fourth-order valence-electron chi connectivity index (χ4n) is 1.73. The van der Waals surface area contributed by atoms with Crippen molar-refractivity contribution in [3.8, 4) is 17.1 Å². The Balaban J connectivity index is 1.77. The summed E-state index contributed by atoms with van der Waals surface area (Å²) in [6.07, 6.45) is 0. The number of aromatic nitrogens is 5. The monoisotopic (exact) mass is 354 g/mol. The lowest BCUT2D eigenvalue weighted by Crippen LogP contribution is -2.11. The SMILES string of the molecule is COc1ccc(-c2nnc(SCc3nnsc3Cl)n2N)cc1. The van der Waals surface area contributed by atoms with Crippen LogP contribution in [0.15, 0.2) is 29.4 Å². The predicted molar refractivity (Wildman–Crippen MR) is 86.6 cm³/mol. The number of nitrogens with two attached hydrogens (primary N) is 1. The van der Waals surface area contributed by atoms with Gasteiger partial charge in [0.05, 0.1) is 7.11 Å². The van der Waals surface area contributed by atoms with Crippen LogP contribution in [0.5, 0.6) is 5.75 Å². The largest absolute Gasteiger partial charge is 0.497 e. The molecule has 0 atom stereocenters. The summed E-state index contributed by atoms with van der Waals surface area (Å²) < 4.78 is 10.9. The summed E-state index contributed by atoms with van der Waals surface area (Å²) in [5, 5.41) is 12.7. The summed E-state index contributed by atoms with van der Waals surface area (Å²) in [7, 11) is 1.62. The van der Waals surface area contributed by atoms with Gasteiger partial charge in [0.1, 0.15) is 15.8 Å². The highest BCUT2D eigenvalue weighted by Crippen LogP contribution is 2.28. The van der Waals surface area contributed by atoms with Gasteiger partial charge in [-0.2, -0.15) is 0 Å². The van der Waals surface area contributed by atoms with Crippen LogP contribution in [-0.4, -0.2) is 31.6 Å². The van der Waals surface area contributed by atoms with Gasteiger partial charge in [-0.3, -0.25) is 0 Å². The minimum Gasteiger partial charge on any atom is -0.497 e. The molecule has 0 amide bonds. The molecule has 2 N–H and O–H groups in total. The molecule has 0 saturated heterocycles. The van der Waals surface area contributed by atoms with Crippen LogP contribution in [0, 0.1) is 0 Å². The Morgan fingerprint density at radius 2 is 2.05 bits per heavy atom. The van der Waals surface area contributed by atoms with Gasteiger partial charge in [-0.15, -0.1) is 15.3 Å². The molecule has 3 rings (SSSR count). The van der Waals surface area contributed by atoms with Gasteiger partial charge >= 0.3 is 0 Å². The second-order valence-corrected chi connectivity index (χ2v) is 6.49. The highest BCUT2D eigenvalue weighted by Gasteiger charge is 2.14. The topological polar surface area (TPSA) is 91.7 Å². The molecule has 22 heavy (non-hydrogen) atoms. The number of thioether (sulfide) groups is 1. The van der Waals surface area contributed by atoms with E-state index in [-0.39, 0.29) is 0 Å². The van der Waals surface area contributed by atoms with Crippen LogP contribution in [0.25, 0.3) is 11.4 Å². The molecule has 0 radical (unpaired) electrons. The molecule has 0 aliphatic rings. The molecule has 0 saturated carbocycles. The van der Waals surface area contributed by atoms with E-state index in [1.54, 1.807) is 7.11 Å². The number of rotatable bonds is 5. The third-order valence-corrected chi connectivity index (χ3v) is 4.80. The summed E-state index contributed by atoms with van der Waals surface area (Å²) >= 11 is 8.53. The first-order valence-electron chi connectivity index (χ1n) is 6.13. The van der Waals surface area contributed by atoms with Crippen molar-refractivity contribution >= 4 is 34.9 Å². The van der Waals surface area contributed by atoms with Crippen molar-refractivity contribution in [2.45, 2.75) is 10.9 Å². The second-order valence-electron chi connectivity index (χ2n) is 4.19. The maximum Gasteiger partial charge on any atom is 0.210 e. The molecule has 0 fully saturated rings. The van der Waals surface area contributed by atoms with Crippen molar-refractivity contribution < 1.29 is 4.74 Å². The Hall–Kier alpha value is -1.84. The van der Waals surface area contributed by atoms with Gasteiger partial charge in [0.25, 0.3) is 0 Å². The maximum absolute atomic E-state index is 6.06. The molecule has 0 spiro atoms. The predicted octanol–water partition coefficient (Wildman–Crippen LogP) is 2.46. The van der Waals surface area contributed by atoms with Crippen molar-refractivity contribution in [2.24, 2.45) is 0 Å². The number of hydrogen-bond acceptors (Lipinski definition) is 8. The van der Waals surface area contributed by atoms with Crippen molar-refractivity contribution in [3.05, 3.63) is 34.3 Å². The van der Waals surface area contributed by atoms with Gasteiger partial charge in [-0.25, -0.2) is 4.68 Å². The fraction of sp³-hybridized carbons (Fsp3) is 0.167. The molecule has 0 bridgehead atoms. The summed E-state index contributed by atoms with van der Waals surface area (Å²) in [5.41, 5.74) is 1.57. The highest BCUT2D eigenvalue weighted by atomic mass is 35.5. The van der Waals surface area contributed by atoms with Crippen molar-refractivity contribution in [3.63, 3.8) is 0 Å². The van der Waals surface area contributed by atoms with Crippen LogP contribution in [0.2, 0.25) is 4.34 Å². The lowest BCUT2D eigenvalue weighted by molar-refractivity contribution is 0.415. The highest BCUT2D eigenvalue weighted by molar-refractivity contribution is 7.98. The van der Waals surface area contributed by atoms with Crippen LogP contribution < -0.4 is 10.6 Å². The Kier molecular flexibility index (Phi) is 4.46. The molecule has 2 heterocycles. The molecule has 2 aromatic heterocycles. The zero-order valence-corrected chi connectivity index (χ0v) is 13.8. The molecular formula is C12H11ClN6OS2. The van der Waals surface area contributed by atoms with Crippen molar-refractivity contribution in [1.29, 1.82) is 0 Å². The minimum absolute atomic E-state index is 0.535. The van der Waals surface area contributed by atoms with E-state index in [1.165, 1.54) is 16.4 Å². The number of nitrogen functional groups attached to an aromatic ring is 1. The molecule has 7 nitrogen and oxygen atoms in total. The first-order valence-corrected chi connectivity index (χ1v) is 8.27. The zero-order valence-electron chi connectivity index (χ0n) is 11.4. The molecular weight excluding hydrogens is 344 g/mol. The van der Waals surface area contributed by atoms with Gasteiger partial charge in [-0.05, 0) is 24.3 Å². The van der Waals surface area contributed by atoms with Crippen LogP contribution >= 0.6 is 34.9 Å². The van der Waals surface area contributed by atoms with E-state index in [1.807, 2.05) is 24.3 Å². The molecule has 0 aliphatic carbocycles. The maximum atomic E-state index is 6.06. The van der Waals surface area contributed by atoms with Gasteiger partial charge in [0.15, 0.2) is 5.82 Å². The van der Waals surface area contributed by atoms with Gasteiger partial charge in [-0.1, -0.05) is 27.9 Å². The number of nitrogens with zero attached hydrogens (tertiary/aromatic N) is 5. The Morgan fingerprint density at radius 1 is 1.27 bits per heavy atom. The standard InChI is InChI=1S/C12H11ClN6OS2/c1-20-8-4-2-7(3-5-8)11-16-17-12(19(11)14)21-6-9-10(13)22-18-15-9/h2-5H,6,14H2,1H3. The summed E-state index contributed by atoms with van der Waals surface area (Å²) in [4.78, 5) is 0. The fourth-order valence-corrected chi connectivity index (χ4v) is 3.32. The number of halogens is 1. The van der Waals surface area contributed by atoms with Crippen LogP contribution in [-0.2, 0) is 5.75 Å². The van der Waals surface area contributed by atoms with E-state index in [0.717, 1.165) is 22.8 Å². The Morgan fingerprint density at radius 3 is 2.68 bits per heavy atom. The number of hydrogen-bond donors (Lipinski definition) is 1. The zero-order chi connectivity index (χ0) is 15.5. The number of ether oxygens (including phenoxy) is 1. The molecule has 10 heteroatoms. The van der Waals surface area contributed by atoms with E-state index in [2.05, 4.69) is 19.8 Å². The molecule has 1 aromatic carbocycles. The smallest absolute Gasteiger partial charge is 0.210 e. The molecule has 0 unspecified atom stereocenters. The first kappa shape index (κ1) is 15.1. The Labute approximate surface area is 139 Å². The van der Waals surface area contributed by atoms with Crippen molar-refractivity contribution in [1.82, 2.24) is 24.5 Å². The van der Waals surface area contributed by atoms with Crippen LogP contribution in [0.3, 0.4) is 0 Å². The summed E-state index contributed by atoms with van der Waals surface area (Å²) in [5.74, 6) is 7.94. The summed E-state index contributed by atoms with van der Waals surface area (Å²) in [6.45, 7) is 0. The van der Waals surface area contributed by atoms with Crippen LogP contribution in [0.1, 0.15) is 5.69 Å². The number of benzene rings is 1. The average molecular weight is 355 g/mol. The van der Waals surface area contributed by atoms with E-state index in [0.29, 0.717) is 26.8 Å². The first-order chi connectivity index (χ1) is 10.7. The van der Waals surface area contributed by atoms with Crippen LogP contribution in [0.4, 0.5) is 0 Å².